The van der Waals surface area contributed by atoms with Gasteiger partial charge >= 0.3 is 0 Å². The molecule has 43 heavy (non-hydrogen) atoms. The summed E-state index contributed by atoms with van der Waals surface area (Å²) in [6, 6.07) is 18.8. The van der Waals surface area contributed by atoms with E-state index in [0.29, 0.717) is 62.3 Å². The number of methoxy groups -OCH3 is 1. The number of piperidine rings is 2. The maximum absolute atomic E-state index is 15.0. The van der Waals surface area contributed by atoms with Crippen molar-refractivity contribution in [3.63, 3.8) is 0 Å². The number of pyridine rings is 1. The lowest BCUT2D eigenvalue weighted by Gasteiger charge is -2.35. The monoisotopic (exact) mass is 583 g/mol. The fourth-order valence-corrected chi connectivity index (χ4v) is 5.68. The largest absolute Gasteiger partial charge is 0.497 e. The number of hydrogen-bond donors (Lipinski definition) is 1. The third kappa shape index (κ3) is 7.24. The van der Waals surface area contributed by atoms with Gasteiger partial charge in [0.1, 0.15) is 17.6 Å². The first-order valence-corrected chi connectivity index (χ1v) is 14.4. The number of rotatable bonds is 8. The number of likely N-dealkylation sites (tertiary alicyclic amines) is 2. The lowest BCUT2D eigenvalue weighted by atomic mass is 9.88. The molecule has 222 valence electrons. The lowest BCUT2D eigenvalue weighted by molar-refractivity contribution is 0.0645. The summed E-state index contributed by atoms with van der Waals surface area (Å²) in [4.78, 5) is 46.7. The molecule has 2 aromatic carbocycles. The highest BCUT2D eigenvalue weighted by molar-refractivity contribution is 5.99. The summed E-state index contributed by atoms with van der Waals surface area (Å²) in [6.07, 6.45) is 1.67. The molecule has 2 saturated heterocycles. The molecule has 3 heterocycles. The van der Waals surface area contributed by atoms with Gasteiger partial charge in [-0.3, -0.25) is 24.3 Å². The SMILES string of the molecule is COc1ccc(C(=O)C2CCN(C(=O)c3ccc(C(=O)NC4CCN(Cc5cccc(C#N)c5)C[C@H]4F)cn3)CC2)cc1. The van der Waals surface area contributed by atoms with Crippen LogP contribution in [-0.4, -0.2) is 77.9 Å². The molecular weight excluding hydrogens is 549 g/mol. The predicted molar refractivity (Wildman–Crippen MR) is 157 cm³/mol. The molecule has 3 aromatic rings. The van der Waals surface area contributed by atoms with E-state index in [-0.39, 0.29) is 35.4 Å². The minimum Gasteiger partial charge on any atom is -0.497 e. The van der Waals surface area contributed by atoms with E-state index in [1.165, 1.54) is 18.3 Å². The molecule has 0 saturated carbocycles. The first kappa shape index (κ1) is 29.9. The number of halogens is 1. The maximum Gasteiger partial charge on any atom is 0.272 e. The van der Waals surface area contributed by atoms with Crippen LogP contribution < -0.4 is 10.1 Å². The zero-order chi connectivity index (χ0) is 30.3. The van der Waals surface area contributed by atoms with E-state index < -0.39 is 18.1 Å². The Hall–Kier alpha value is -4.62. The predicted octanol–water partition coefficient (Wildman–Crippen LogP) is 4.04. The van der Waals surface area contributed by atoms with Gasteiger partial charge in [-0.15, -0.1) is 0 Å². The summed E-state index contributed by atoms with van der Waals surface area (Å²) in [5.41, 5.74) is 2.62. The summed E-state index contributed by atoms with van der Waals surface area (Å²) in [7, 11) is 1.58. The molecule has 5 rings (SSSR count). The quantitative estimate of drug-likeness (QED) is 0.398. The second kappa shape index (κ2) is 13.6. The lowest BCUT2D eigenvalue weighted by Crippen LogP contribution is -2.52. The number of ether oxygens (including phenoxy) is 1. The second-order valence-corrected chi connectivity index (χ2v) is 11.0. The number of ketones is 1. The van der Waals surface area contributed by atoms with E-state index >= 15 is 4.39 Å². The minimum atomic E-state index is -1.25. The van der Waals surface area contributed by atoms with Crippen molar-refractivity contribution in [2.45, 2.75) is 38.0 Å². The zero-order valence-electron chi connectivity index (χ0n) is 24.0. The van der Waals surface area contributed by atoms with E-state index in [0.717, 1.165) is 5.56 Å². The highest BCUT2D eigenvalue weighted by Gasteiger charge is 2.31. The molecule has 2 amide bonds. The number of benzene rings is 2. The van der Waals surface area contributed by atoms with Crippen molar-refractivity contribution < 1.29 is 23.5 Å². The number of nitriles is 1. The van der Waals surface area contributed by atoms with Crippen LogP contribution in [-0.2, 0) is 6.54 Å². The summed E-state index contributed by atoms with van der Waals surface area (Å²) in [5.74, 6) is -0.0880. The molecule has 2 atom stereocenters. The Kier molecular flexibility index (Phi) is 9.42. The molecule has 0 radical (unpaired) electrons. The van der Waals surface area contributed by atoms with Crippen molar-refractivity contribution in [1.82, 2.24) is 20.1 Å². The number of alkyl halides is 1. The van der Waals surface area contributed by atoms with Gasteiger partial charge < -0.3 is 15.0 Å². The normalized spacial score (nSPS) is 19.3. The Morgan fingerprint density at radius 3 is 2.42 bits per heavy atom. The van der Waals surface area contributed by atoms with E-state index in [2.05, 4.69) is 16.4 Å². The number of amides is 2. The van der Waals surface area contributed by atoms with Crippen molar-refractivity contribution in [3.8, 4) is 11.8 Å². The van der Waals surface area contributed by atoms with Crippen LogP contribution in [0.1, 0.15) is 61.6 Å². The number of Topliss-reactive ketones (excluding diaryl/α,β-unsaturated/α-hetero) is 1. The minimum absolute atomic E-state index is 0.0646. The number of carbonyl (C=O) groups is 3. The molecule has 2 fully saturated rings. The molecule has 2 aliphatic rings. The van der Waals surface area contributed by atoms with Gasteiger partial charge in [0.2, 0.25) is 0 Å². The van der Waals surface area contributed by atoms with Crippen LogP contribution in [0.4, 0.5) is 4.39 Å². The number of nitrogens with one attached hydrogen (secondary N) is 1. The molecule has 1 aromatic heterocycles. The Morgan fingerprint density at radius 2 is 1.77 bits per heavy atom. The Bertz CT molecular complexity index is 1500. The van der Waals surface area contributed by atoms with Crippen LogP contribution in [0.15, 0.2) is 66.9 Å². The van der Waals surface area contributed by atoms with Gasteiger partial charge in [0.05, 0.1) is 30.3 Å². The number of aromatic nitrogens is 1. The van der Waals surface area contributed by atoms with E-state index in [9.17, 15) is 14.4 Å². The van der Waals surface area contributed by atoms with Gasteiger partial charge in [0.25, 0.3) is 11.8 Å². The molecule has 0 aliphatic carbocycles. The highest BCUT2D eigenvalue weighted by atomic mass is 19.1. The van der Waals surface area contributed by atoms with Crippen molar-refractivity contribution in [2.24, 2.45) is 5.92 Å². The fraction of sp³-hybridized carbons (Fsp3) is 0.364. The molecule has 1 N–H and O–H groups in total. The van der Waals surface area contributed by atoms with Crippen molar-refractivity contribution in [1.29, 1.82) is 5.26 Å². The number of hydrogen-bond acceptors (Lipinski definition) is 7. The summed E-state index contributed by atoms with van der Waals surface area (Å²) >= 11 is 0. The Morgan fingerprint density at radius 1 is 1.02 bits per heavy atom. The molecule has 2 aliphatic heterocycles. The van der Waals surface area contributed by atoms with Crippen molar-refractivity contribution >= 4 is 17.6 Å². The van der Waals surface area contributed by atoms with Gasteiger partial charge in [-0.25, -0.2) is 4.39 Å². The highest BCUT2D eigenvalue weighted by Crippen LogP contribution is 2.24. The summed E-state index contributed by atoms with van der Waals surface area (Å²) in [6.45, 7) is 2.20. The third-order valence-electron chi connectivity index (χ3n) is 8.18. The molecular formula is C33H34FN5O4. The maximum atomic E-state index is 15.0. The van der Waals surface area contributed by atoms with Crippen LogP contribution >= 0.6 is 0 Å². The summed E-state index contributed by atoms with van der Waals surface area (Å²) < 4.78 is 20.2. The van der Waals surface area contributed by atoms with Crippen molar-refractivity contribution in [2.75, 3.05) is 33.3 Å². The van der Waals surface area contributed by atoms with E-state index in [1.54, 1.807) is 48.4 Å². The van der Waals surface area contributed by atoms with Crippen LogP contribution in [0.5, 0.6) is 5.75 Å². The Labute approximate surface area is 250 Å². The topological polar surface area (TPSA) is 116 Å². The van der Waals surface area contributed by atoms with Crippen LogP contribution in [0, 0.1) is 17.2 Å². The average molecular weight is 584 g/mol. The zero-order valence-corrected chi connectivity index (χ0v) is 24.0. The number of carbonyl (C=O) groups excluding carboxylic acids is 3. The molecule has 0 spiro atoms. The first-order chi connectivity index (χ1) is 20.8. The second-order valence-electron chi connectivity index (χ2n) is 11.0. The smallest absolute Gasteiger partial charge is 0.272 e. The molecule has 1 unspecified atom stereocenters. The standard InChI is InChI=1S/C33H34FN5O4/c1-43-27-8-5-24(6-9-27)31(40)25-11-15-39(16-12-25)33(42)30-10-7-26(19-36-30)32(41)37-29-13-14-38(21-28(29)34)20-23-4-2-3-22(17-23)18-35/h2-10,17,19,25,28-29H,11-16,20-21H2,1H3,(H,37,41)/t28-,29?/m1/s1. The van der Waals surface area contributed by atoms with Gasteiger partial charge in [-0.05, 0) is 73.4 Å². The third-order valence-corrected chi connectivity index (χ3v) is 8.18. The number of nitrogens with zero attached hydrogens (tertiary/aromatic N) is 4. The molecule has 9 nitrogen and oxygen atoms in total. The van der Waals surface area contributed by atoms with Gasteiger partial charge in [-0.1, -0.05) is 12.1 Å². The van der Waals surface area contributed by atoms with Crippen LogP contribution in [0.2, 0.25) is 0 Å². The Balaban J connectivity index is 1.09. The fourth-order valence-electron chi connectivity index (χ4n) is 5.68. The van der Waals surface area contributed by atoms with Crippen molar-refractivity contribution in [3.05, 3.63) is 94.8 Å². The van der Waals surface area contributed by atoms with E-state index in [4.69, 9.17) is 10.00 Å². The van der Waals surface area contributed by atoms with Gasteiger partial charge in [0, 0.05) is 50.4 Å². The first-order valence-electron chi connectivity index (χ1n) is 14.4. The van der Waals surface area contributed by atoms with Gasteiger partial charge in [-0.2, -0.15) is 5.26 Å². The summed E-state index contributed by atoms with van der Waals surface area (Å²) in [5, 5.41) is 11.9. The van der Waals surface area contributed by atoms with Gasteiger partial charge in [0.15, 0.2) is 5.78 Å². The van der Waals surface area contributed by atoms with Crippen LogP contribution in [0.25, 0.3) is 0 Å². The van der Waals surface area contributed by atoms with E-state index in [1.807, 2.05) is 17.0 Å². The average Bonchev–Trinajstić information content (AvgIpc) is 3.05. The molecule has 0 bridgehead atoms. The molecule has 10 heteroatoms. The van der Waals surface area contributed by atoms with Crippen LogP contribution in [0.3, 0.4) is 0 Å².